The van der Waals surface area contributed by atoms with Gasteiger partial charge in [0, 0.05) is 62.5 Å². The number of phosphoric ester groups is 1. The van der Waals surface area contributed by atoms with E-state index in [-0.39, 0.29) is 37.7 Å². The summed E-state index contributed by atoms with van der Waals surface area (Å²) in [6, 6.07) is 10.8. The Balaban J connectivity index is 1.45. The lowest BCUT2D eigenvalue weighted by atomic mass is 9.89. The molecule has 0 radical (unpaired) electrons. The number of nitrogens with zero attached hydrogens (tertiary/aromatic N) is 3. The lowest BCUT2D eigenvalue weighted by Crippen LogP contribution is -2.52. The van der Waals surface area contributed by atoms with E-state index in [0.29, 0.717) is 38.0 Å². The molecule has 0 saturated carbocycles. The van der Waals surface area contributed by atoms with Crippen LogP contribution in [0.15, 0.2) is 60.4 Å². The van der Waals surface area contributed by atoms with Crippen LogP contribution in [0, 0.1) is 17.8 Å². The fraction of sp³-hybridized carbons (Fsp3) is 0.604. The average Bonchev–Trinajstić information content (AvgIpc) is 4.08. The van der Waals surface area contributed by atoms with Crippen molar-refractivity contribution >= 4 is 54.4 Å². The summed E-state index contributed by atoms with van der Waals surface area (Å²) in [5.41, 5.74) is 7.63. The Kier molecular flexibility index (Phi) is 23.0. The molecule has 0 aliphatic carbocycles. The van der Waals surface area contributed by atoms with Gasteiger partial charge in [0.15, 0.2) is 11.6 Å². The van der Waals surface area contributed by atoms with Gasteiger partial charge in [0.25, 0.3) is 0 Å². The van der Waals surface area contributed by atoms with E-state index in [0.717, 1.165) is 49.8 Å². The van der Waals surface area contributed by atoms with E-state index in [1.807, 2.05) is 42.0 Å². The van der Waals surface area contributed by atoms with E-state index in [4.69, 9.17) is 14.8 Å². The number of aliphatic hydroxyl groups excluding tert-OH is 1. The number of rotatable bonds is 32. The molecule has 4 amide bonds. The summed E-state index contributed by atoms with van der Waals surface area (Å²) in [6.45, 7) is 6.52. The molecule has 1 aliphatic rings. The van der Waals surface area contributed by atoms with Crippen LogP contribution in [-0.2, 0) is 68.2 Å². The number of aryl methyl sites for hydroxylation is 2. The van der Waals surface area contributed by atoms with Crippen molar-refractivity contribution in [3.63, 3.8) is 0 Å². The number of unbranched alkanes of at least 4 members (excludes halogenated alkanes) is 5. The van der Waals surface area contributed by atoms with Crippen molar-refractivity contribution in [2.24, 2.45) is 23.5 Å². The van der Waals surface area contributed by atoms with Crippen LogP contribution in [0.5, 0.6) is 0 Å². The Morgan fingerprint density at radius 3 is 2.28 bits per heavy atom. The van der Waals surface area contributed by atoms with Gasteiger partial charge in [0.1, 0.15) is 12.1 Å². The number of ketones is 2. The molecule has 19 heteroatoms. The van der Waals surface area contributed by atoms with Gasteiger partial charge in [-0.05, 0) is 68.4 Å². The van der Waals surface area contributed by atoms with Gasteiger partial charge in [0.05, 0.1) is 43.5 Å². The summed E-state index contributed by atoms with van der Waals surface area (Å²) in [6.07, 6.45) is 9.97. The second-order valence-corrected chi connectivity index (χ2v) is 20.4. The zero-order chi connectivity index (χ0) is 48.9. The SMILES string of the molecule is CC(=O)N1CCC[C@H]1C(=O)N[C@@H](CC(C)C)C(=O)C[C@@H](Cc1cncn1CCCCCCCCc1ccccc1)C(=O)N[C@@H](CO)C(=O)C[C@H](C(N)=O)[C@@H](C)OP(=O)(O)OCCc1cccs1. The molecule has 0 bridgehead atoms. The number of thiophene rings is 1. The molecule has 370 valence electrons. The number of carbonyl (C=O) groups excluding carboxylic acids is 6. The van der Waals surface area contributed by atoms with Crippen molar-refractivity contribution in [2.45, 2.75) is 148 Å². The van der Waals surface area contributed by atoms with Gasteiger partial charge >= 0.3 is 7.82 Å². The molecule has 1 fully saturated rings. The number of carbonyl (C=O) groups is 6. The van der Waals surface area contributed by atoms with Gasteiger partial charge in [-0.2, -0.15) is 0 Å². The van der Waals surface area contributed by atoms with Gasteiger partial charge in [-0.15, -0.1) is 11.3 Å². The number of aliphatic hydroxyl groups is 1. The van der Waals surface area contributed by atoms with E-state index < -0.39 is 86.2 Å². The van der Waals surface area contributed by atoms with Gasteiger partial charge in [0.2, 0.25) is 23.6 Å². The largest absolute Gasteiger partial charge is 0.472 e. The summed E-state index contributed by atoms with van der Waals surface area (Å²) >= 11 is 1.45. The zero-order valence-electron chi connectivity index (χ0n) is 39.4. The minimum absolute atomic E-state index is 0.0273. The first kappa shape index (κ1) is 55.0. The molecule has 6 N–H and O–H groups in total. The quantitative estimate of drug-likeness (QED) is 0.0385. The number of nitrogens with two attached hydrogens (primary N) is 1. The first-order valence-corrected chi connectivity index (χ1v) is 25.9. The van der Waals surface area contributed by atoms with E-state index in [2.05, 4.69) is 39.9 Å². The van der Waals surface area contributed by atoms with Crippen molar-refractivity contribution in [2.75, 3.05) is 19.8 Å². The van der Waals surface area contributed by atoms with E-state index in [1.165, 1.54) is 35.6 Å². The lowest BCUT2D eigenvalue weighted by Gasteiger charge is -2.27. The van der Waals surface area contributed by atoms with E-state index in [9.17, 15) is 43.3 Å². The Hall–Kier alpha value is -4.58. The van der Waals surface area contributed by atoms with Crippen molar-refractivity contribution in [1.82, 2.24) is 25.1 Å². The molecular weight excluding hydrogens is 900 g/mol. The molecular formula is C48H71N6O11PS. The predicted octanol–water partition coefficient (Wildman–Crippen LogP) is 5.49. The van der Waals surface area contributed by atoms with Crippen LogP contribution in [0.2, 0.25) is 0 Å². The van der Waals surface area contributed by atoms with Gasteiger partial charge in [-0.25, -0.2) is 9.55 Å². The monoisotopic (exact) mass is 970 g/mol. The van der Waals surface area contributed by atoms with Crippen molar-refractivity contribution in [3.05, 3.63) is 76.5 Å². The van der Waals surface area contributed by atoms with Gasteiger partial charge in [-0.1, -0.05) is 75.9 Å². The number of phosphoric acid groups is 1. The second kappa shape index (κ2) is 28.0. The molecule has 7 atom stereocenters. The van der Waals surface area contributed by atoms with Crippen molar-refractivity contribution in [1.29, 1.82) is 0 Å². The molecule has 2 aromatic heterocycles. The number of imidazole rings is 1. The molecule has 3 aromatic rings. The summed E-state index contributed by atoms with van der Waals surface area (Å²) in [5, 5.41) is 17.7. The number of hydrogen-bond donors (Lipinski definition) is 5. The molecule has 67 heavy (non-hydrogen) atoms. The maximum Gasteiger partial charge on any atom is 0.472 e. The van der Waals surface area contributed by atoms with E-state index in [1.54, 1.807) is 12.5 Å². The molecule has 1 aliphatic heterocycles. The Bertz CT molecular complexity index is 2080. The van der Waals surface area contributed by atoms with Crippen LogP contribution in [-0.4, -0.2) is 104 Å². The molecule has 0 spiro atoms. The zero-order valence-corrected chi connectivity index (χ0v) is 41.1. The summed E-state index contributed by atoms with van der Waals surface area (Å²) in [4.78, 5) is 97.8. The smallest absolute Gasteiger partial charge is 0.394 e. The molecule has 1 aromatic carbocycles. The third-order valence-electron chi connectivity index (χ3n) is 12.1. The fourth-order valence-corrected chi connectivity index (χ4v) is 10.0. The van der Waals surface area contributed by atoms with Crippen molar-refractivity contribution in [3.8, 4) is 0 Å². The molecule has 3 heterocycles. The maximum atomic E-state index is 14.3. The van der Waals surface area contributed by atoms with E-state index >= 15 is 0 Å². The molecule has 17 nitrogen and oxygen atoms in total. The maximum absolute atomic E-state index is 14.3. The Labute approximate surface area is 398 Å². The standard InChI is InChI=1S/C48H71N6O11PS/c1-33(2)26-41(51-48(61)43-20-14-23-54(43)35(4)56)44(57)28-37(27-38-30-50-32-53(38)22-13-8-6-5-7-10-16-36-17-11-9-12-18-36)47(60)52-42(31-55)45(58)29-40(46(49)59)34(3)65-66(62,63)64-24-21-39-19-15-25-67-39/h9,11-12,15,17-19,25,30,32-34,37,40-43,55H,5-8,10,13-14,16,20-24,26-29,31H2,1-4H3,(H2,49,59)(H,51,61)(H,52,60)(H,62,63)/t34-,37-,40+,41+,42+,43+/m1/s1. The third kappa shape index (κ3) is 18.8. The van der Waals surface area contributed by atoms with Crippen molar-refractivity contribution < 1.29 is 52.4 Å². The highest BCUT2D eigenvalue weighted by Gasteiger charge is 2.38. The number of benzene rings is 1. The predicted molar refractivity (Wildman–Crippen MR) is 254 cm³/mol. The Morgan fingerprint density at radius 1 is 0.925 bits per heavy atom. The second-order valence-electron chi connectivity index (χ2n) is 17.9. The lowest BCUT2D eigenvalue weighted by molar-refractivity contribution is -0.138. The highest BCUT2D eigenvalue weighted by Crippen LogP contribution is 2.46. The highest BCUT2D eigenvalue weighted by atomic mass is 32.1. The number of primary amides is 1. The van der Waals surface area contributed by atoms with Crippen LogP contribution in [0.3, 0.4) is 0 Å². The number of amides is 4. The molecule has 4 rings (SSSR count). The first-order chi connectivity index (χ1) is 32.0. The summed E-state index contributed by atoms with van der Waals surface area (Å²) in [5.74, 6) is -6.26. The number of likely N-dealkylation sites (tertiary alicyclic amines) is 1. The number of nitrogens with one attached hydrogen (secondary N) is 2. The van der Waals surface area contributed by atoms with Crippen LogP contribution in [0.1, 0.15) is 114 Å². The Morgan fingerprint density at radius 2 is 1.63 bits per heavy atom. The molecule has 1 saturated heterocycles. The molecule has 1 unspecified atom stereocenters. The average molecular weight is 971 g/mol. The highest BCUT2D eigenvalue weighted by molar-refractivity contribution is 7.47. The minimum Gasteiger partial charge on any atom is -0.394 e. The van der Waals surface area contributed by atoms with Crippen LogP contribution >= 0.6 is 19.2 Å². The fourth-order valence-electron chi connectivity index (χ4n) is 8.41. The normalized spacial score (nSPS) is 17.0. The summed E-state index contributed by atoms with van der Waals surface area (Å²) < 4.78 is 25.0. The van der Waals surface area contributed by atoms with Gasteiger partial charge < -0.3 is 35.8 Å². The number of hydrogen-bond acceptors (Lipinski definition) is 12. The van der Waals surface area contributed by atoms with Crippen LogP contribution in [0.25, 0.3) is 0 Å². The number of aromatic nitrogens is 2. The summed E-state index contributed by atoms with van der Waals surface area (Å²) in [7, 11) is -4.70. The van der Waals surface area contributed by atoms with Crippen LogP contribution < -0.4 is 16.4 Å². The van der Waals surface area contributed by atoms with Gasteiger partial charge in [-0.3, -0.25) is 37.8 Å². The number of Topliss-reactive ketones (excluding diaryl/α,β-unsaturated/α-hetero) is 2. The van der Waals surface area contributed by atoms with Crippen LogP contribution in [0.4, 0.5) is 0 Å². The minimum atomic E-state index is -4.70. The first-order valence-electron chi connectivity index (χ1n) is 23.5. The third-order valence-corrected chi connectivity index (χ3v) is 14.2. The topological polar surface area (TPSA) is 250 Å².